The van der Waals surface area contributed by atoms with Crippen molar-refractivity contribution in [2.75, 3.05) is 19.6 Å². The molecule has 1 unspecified atom stereocenters. The third kappa shape index (κ3) is 8.12. The van der Waals surface area contributed by atoms with Gasteiger partial charge in [0.2, 0.25) is 0 Å². The van der Waals surface area contributed by atoms with Crippen molar-refractivity contribution in [2.45, 2.75) is 20.8 Å². The van der Waals surface area contributed by atoms with Crippen LogP contribution in [0.4, 0.5) is 0 Å². The third-order valence-electron chi connectivity index (χ3n) is 2.05. The second kappa shape index (κ2) is 9.04. The molecule has 0 aromatic rings. The normalized spacial score (nSPS) is 13.4. The van der Waals surface area contributed by atoms with Crippen LogP contribution in [-0.2, 0) is 0 Å². The maximum Gasteiger partial charge on any atom is 0.0581 e. The largest absolute Gasteiger partial charge is 0.317 e. The van der Waals surface area contributed by atoms with E-state index in [0.29, 0.717) is 11.6 Å². The summed E-state index contributed by atoms with van der Waals surface area (Å²) in [6.07, 6.45) is 3.38. The number of hydrogen-bond acceptors (Lipinski definition) is 3. The van der Waals surface area contributed by atoms with E-state index in [0.717, 1.165) is 25.2 Å². The summed E-state index contributed by atoms with van der Waals surface area (Å²) in [5.41, 5.74) is 1.58. The Labute approximate surface area is 99.1 Å². The predicted molar refractivity (Wildman–Crippen MR) is 73.5 cm³/mol. The summed E-state index contributed by atoms with van der Waals surface area (Å²) in [6, 6.07) is 0. The molecule has 0 bridgehead atoms. The molecule has 1 atom stereocenters. The summed E-state index contributed by atoms with van der Waals surface area (Å²) < 4.78 is 0. The summed E-state index contributed by atoms with van der Waals surface area (Å²) in [5.74, 6) is 0.550. The Kier molecular flexibility index (Phi) is 8.35. The highest BCUT2D eigenvalue weighted by atomic mass is 14.9. The Balaban J connectivity index is 3.76. The summed E-state index contributed by atoms with van der Waals surface area (Å²) in [5, 5.41) is 3.29. The molecule has 16 heavy (non-hydrogen) atoms. The van der Waals surface area contributed by atoms with E-state index in [9.17, 15) is 0 Å². The van der Waals surface area contributed by atoms with Gasteiger partial charge in [-0.25, -0.2) is 0 Å². The molecule has 0 saturated heterocycles. The lowest BCUT2D eigenvalue weighted by molar-refractivity contribution is 0.535. The molecule has 0 radical (unpaired) electrons. The molecule has 0 aromatic carbocycles. The lowest BCUT2D eigenvalue weighted by Gasteiger charge is -2.07. The summed E-state index contributed by atoms with van der Waals surface area (Å²) in [6.45, 7) is 16.5. The minimum atomic E-state index is 0.550. The molecule has 0 aromatic heterocycles. The van der Waals surface area contributed by atoms with Gasteiger partial charge in [-0.05, 0) is 31.5 Å². The molecule has 0 fully saturated rings. The van der Waals surface area contributed by atoms with Gasteiger partial charge in [-0.2, -0.15) is 0 Å². The van der Waals surface area contributed by atoms with Gasteiger partial charge in [0.05, 0.1) is 5.70 Å². The third-order valence-corrected chi connectivity index (χ3v) is 2.05. The highest BCUT2D eigenvalue weighted by Crippen LogP contribution is 2.02. The highest BCUT2D eigenvalue weighted by molar-refractivity contribution is 6.16. The van der Waals surface area contributed by atoms with E-state index < -0.39 is 0 Å². The van der Waals surface area contributed by atoms with E-state index in [1.807, 2.05) is 6.92 Å². The molecular weight excluding hydrogens is 198 g/mol. The van der Waals surface area contributed by atoms with Gasteiger partial charge in [-0.1, -0.05) is 27.0 Å². The van der Waals surface area contributed by atoms with Crippen LogP contribution in [0.2, 0.25) is 0 Å². The minimum Gasteiger partial charge on any atom is -0.317 e. The van der Waals surface area contributed by atoms with Crippen LogP contribution in [0.5, 0.6) is 0 Å². The Morgan fingerprint density at radius 2 is 2.06 bits per heavy atom. The molecule has 0 amide bonds. The summed E-state index contributed by atoms with van der Waals surface area (Å²) in [4.78, 5) is 8.37. The first kappa shape index (κ1) is 14.8. The van der Waals surface area contributed by atoms with E-state index >= 15 is 0 Å². The van der Waals surface area contributed by atoms with Crippen LogP contribution in [0, 0.1) is 5.92 Å². The number of nitrogens with zero attached hydrogens (tertiary/aromatic N) is 2. The molecule has 3 heteroatoms. The molecule has 0 heterocycles. The van der Waals surface area contributed by atoms with Crippen LogP contribution in [0.25, 0.3) is 0 Å². The number of aliphatic imine (C=N–C) groups is 2. The average molecular weight is 221 g/mol. The first-order valence-electron chi connectivity index (χ1n) is 5.65. The van der Waals surface area contributed by atoms with E-state index in [1.54, 1.807) is 12.4 Å². The Morgan fingerprint density at radius 1 is 1.38 bits per heavy atom. The zero-order valence-corrected chi connectivity index (χ0v) is 10.7. The number of rotatable bonds is 8. The molecule has 0 spiro atoms. The lowest BCUT2D eigenvalue weighted by atomic mass is 10.2. The SMILES string of the molecule is C=C(C)C(=C)N=CC=NCC(C)CNCC. The van der Waals surface area contributed by atoms with Gasteiger partial charge in [0.1, 0.15) is 0 Å². The van der Waals surface area contributed by atoms with Crippen LogP contribution >= 0.6 is 0 Å². The van der Waals surface area contributed by atoms with Crippen molar-refractivity contribution in [3.8, 4) is 0 Å². The zero-order valence-electron chi connectivity index (χ0n) is 10.7. The van der Waals surface area contributed by atoms with Crippen LogP contribution in [0.15, 0.2) is 34.4 Å². The maximum atomic E-state index is 4.27. The minimum absolute atomic E-state index is 0.550. The van der Waals surface area contributed by atoms with E-state index in [1.165, 1.54) is 0 Å². The van der Waals surface area contributed by atoms with Crippen LogP contribution < -0.4 is 5.32 Å². The number of hydrogen-bond donors (Lipinski definition) is 1. The molecule has 0 aliphatic carbocycles. The fraction of sp³-hybridized carbons (Fsp3) is 0.538. The van der Waals surface area contributed by atoms with Crippen molar-refractivity contribution in [2.24, 2.45) is 15.9 Å². The highest BCUT2D eigenvalue weighted by Gasteiger charge is 1.97. The van der Waals surface area contributed by atoms with Gasteiger partial charge < -0.3 is 5.32 Å². The van der Waals surface area contributed by atoms with Gasteiger partial charge in [0, 0.05) is 19.0 Å². The maximum absolute atomic E-state index is 4.27. The summed E-state index contributed by atoms with van der Waals surface area (Å²) in [7, 11) is 0. The predicted octanol–water partition coefficient (Wildman–Crippen LogP) is 2.46. The van der Waals surface area contributed by atoms with Gasteiger partial charge in [0.15, 0.2) is 0 Å². The van der Waals surface area contributed by atoms with Crippen molar-refractivity contribution in [3.63, 3.8) is 0 Å². The Morgan fingerprint density at radius 3 is 2.62 bits per heavy atom. The van der Waals surface area contributed by atoms with Gasteiger partial charge >= 0.3 is 0 Å². The average Bonchev–Trinajstić information content (AvgIpc) is 2.25. The monoisotopic (exact) mass is 221 g/mol. The van der Waals surface area contributed by atoms with E-state index in [-0.39, 0.29) is 0 Å². The second-order valence-electron chi connectivity index (χ2n) is 3.93. The molecular formula is C13H23N3. The van der Waals surface area contributed by atoms with E-state index in [4.69, 9.17) is 0 Å². The van der Waals surface area contributed by atoms with Crippen LogP contribution in [-0.4, -0.2) is 32.1 Å². The fourth-order valence-electron chi connectivity index (χ4n) is 0.977. The van der Waals surface area contributed by atoms with Gasteiger partial charge in [0.25, 0.3) is 0 Å². The number of allylic oxidation sites excluding steroid dienone is 1. The van der Waals surface area contributed by atoms with Crippen LogP contribution in [0.3, 0.4) is 0 Å². The first-order chi connectivity index (χ1) is 7.57. The zero-order chi connectivity index (χ0) is 12.4. The van der Waals surface area contributed by atoms with Crippen molar-refractivity contribution in [1.82, 2.24) is 5.32 Å². The lowest BCUT2D eigenvalue weighted by Crippen LogP contribution is -2.22. The van der Waals surface area contributed by atoms with Crippen molar-refractivity contribution in [1.29, 1.82) is 0 Å². The van der Waals surface area contributed by atoms with Crippen LogP contribution in [0.1, 0.15) is 20.8 Å². The molecule has 0 saturated carbocycles. The van der Waals surface area contributed by atoms with E-state index in [2.05, 4.69) is 42.3 Å². The van der Waals surface area contributed by atoms with Gasteiger partial charge in [-0.15, -0.1) is 0 Å². The molecule has 90 valence electrons. The van der Waals surface area contributed by atoms with Gasteiger partial charge in [-0.3, -0.25) is 9.98 Å². The van der Waals surface area contributed by atoms with Crippen molar-refractivity contribution in [3.05, 3.63) is 24.4 Å². The Bertz CT molecular complexity index is 277. The topological polar surface area (TPSA) is 36.8 Å². The quantitative estimate of drug-likeness (QED) is 0.496. The molecule has 1 N–H and O–H groups in total. The van der Waals surface area contributed by atoms with Crippen molar-refractivity contribution >= 4 is 12.4 Å². The smallest absolute Gasteiger partial charge is 0.0581 e. The Hall–Kier alpha value is -1.22. The molecule has 3 nitrogen and oxygen atoms in total. The first-order valence-corrected chi connectivity index (χ1v) is 5.65. The fourth-order valence-corrected chi connectivity index (χ4v) is 0.977. The summed E-state index contributed by atoms with van der Waals surface area (Å²) >= 11 is 0. The van der Waals surface area contributed by atoms with Crippen molar-refractivity contribution < 1.29 is 0 Å². The molecule has 0 rings (SSSR count). The second-order valence-corrected chi connectivity index (χ2v) is 3.93. The molecule has 0 aliphatic heterocycles. The number of nitrogens with one attached hydrogen (secondary N) is 1. The molecule has 0 aliphatic rings. The standard InChI is InChI=1S/C13H23N3/c1-6-14-9-12(4)10-15-7-8-16-13(5)11(2)3/h7-8,12,14H,2,5-6,9-10H2,1,3-4H3.